The molecule has 2 heteroatoms. The van der Waals surface area contributed by atoms with Crippen LogP contribution in [0.1, 0.15) is 27.9 Å². The van der Waals surface area contributed by atoms with E-state index >= 15 is 0 Å². The average molecular weight is 188 g/mol. The van der Waals surface area contributed by atoms with Crippen molar-refractivity contribution in [1.29, 1.82) is 0 Å². The summed E-state index contributed by atoms with van der Waals surface area (Å²) in [4.78, 5) is 11.4. The van der Waals surface area contributed by atoms with Crippen LogP contribution < -0.4 is 0 Å². The topological polar surface area (TPSA) is 26.3 Å². The van der Waals surface area contributed by atoms with Gasteiger partial charge in [-0.2, -0.15) is 0 Å². The zero-order chi connectivity index (χ0) is 9.97. The first-order chi connectivity index (χ1) is 6.83. The molecule has 0 aromatic heterocycles. The molecule has 1 aromatic carbocycles. The molecule has 72 valence electrons. The first-order valence-corrected chi connectivity index (χ1v) is 4.69. The summed E-state index contributed by atoms with van der Waals surface area (Å²) in [5, 5.41) is 0. The Labute approximate surface area is 83.2 Å². The van der Waals surface area contributed by atoms with Crippen molar-refractivity contribution in [1.82, 2.24) is 0 Å². The van der Waals surface area contributed by atoms with E-state index in [0.717, 1.165) is 18.4 Å². The third-order valence-corrected chi connectivity index (χ3v) is 2.47. The minimum absolute atomic E-state index is 0.256. The van der Waals surface area contributed by atoms with Gasteiger partial charge in [-0.15, -0.1) is 0 Å². The molecule has 0 amide bonds. The predicted octanol–water partition coefficient (Wildman–Crippen LogP) is 2.43. The summed E-state index contributed by atoms with van der Waals surface area (Å²) in [5.74, 6) is -0.256. The van der Waals surface area contributed by atoms with Gasteiger partial charge in [-0.05, 0) is 30.0 Å². The van der Waals surface area contributed by atoms with E-state index in [2.05, 4.69) is 12.1 Å². The highest BCUT2D eigenvalue weighted by atomic mass is 16.5. The van der Waals surface area contributed by atoms with Crippen LogP contribution in [0, 0.1) is 0 Å². The number of carbonyl (C=O) groups excluding carboxylic acids is 1. The number of aryl methyl sites for hydroxylation is 1. The number of rotatable bonds is 1. The van der Waals surface area contributed by atoms with Gasteiger partial charge in [-0.1, -0.05) is 24.3 Å². The molecular weight excluding hydrogens is 176 g/mol. The molecule has 0 fully saturated rings. The van der Waals surface area contributed by atoms with Crippen LogP contribution in [0.2, 0.25) is 0 Å². The van der Waals surface area contributed by atoms with Crippen molar-refractivity contribution >= 4 is 12.0 Å². The Morgan fingerprint density at radius 2 is 2.29 bits per heavy atom. The maximum Gasteiger partial charge on any atom is 0.338 e. The first-order valence-electron chi connectivity index (χ1n) is 4.69. The largest absolute Gasteiger partial charge is 0.465 e. The Morgan fingerprint density at radius 1 is 1.43 bits per heavy atom. The van der Waals surface area contributed by atoms with Crippen molar-refractivity contribution in [2.24, 2.45) is 0 Å². The quantitative estimate of drug-likeness (QED) is 0.633. The van der Waals surface area contributed by atoms with Crippen molar-refractivity contribution in [3.05, 3.63) is 41.0 Å². The second-order valence-electron chi connectivity index (χ2n) is 3.31. The number of carbonyl (C=O) groups is 1. The molecule has 1 aliphatic carbocycles. The molecule has 0 bridgehead atoms. The van der Waals surface area contributed by atoms with Gasteiger partial charge < -0.3 is 4.74 Å². The van der Waals surface area contributed by atoms with E-state index in [0.29, 0.717) is 5.56 Å². The van der Waals surface area contributed by atoms with Crippen LogP contribution in [0.15, 0.2) is 24.3 Å². The van der Waals surface area contributed by atoms with Crippen LogP contribution in [0.25, 0.3) is 6.08 Å². The second kappa shape index (κ2) is 3.66. The number of benzene rings is 1. The number of hydrogen-bond donors (Lipinski definition) is 0. The van der Waals surface area contributed by atoms with E-state index in [-0.39, 0.29) is 5.97 Å². The zero-order valence-corrected chi connectivity index (χ0v) is 8.12. The van der Waals surface area contributed by atoms with Crippen molar-refractivity contribution in [2.45, 2.75) is 12.8 Å². The standard InChI is InChI=1S/C12H12O2/c1-14-12(13)11-8-4-6-9-5-2-3-7-10(9)11/h3-4,6-8H,2,5H2,1H3. The maximum atomic E-state index is 11.4. The van der Waals surface area contributed by atoms with Crippen LogP contribution in [-0.2, 0) is 11.2 Å². The molecule has 14 heavy (non-hydrogen) atoms. The van der Waals surface area contributed by atoms with Crippen molar-refractivity contribution < 1.29 is 9.53 Å². The fraction of sp³-hybridized carbons (Fsp3) is 0.250. The van der Waals surface area contributed by atoms with E-state index in [1.54, 1.807) is 6.07 Å². The zero-order valence-electron chi connectivity index (χ0n) is 8.12. The highest BCUT2D eigenvalue weighted by molar-refractivity contribution is 5.94. The summed E-state index contributed by atoms with van der Waals surface area (Å²) < 4.78 is 4.73. The number of methoxy groups -OCH3 is 1. The van der Waals surface area contributed by atoms with Crippen LogP contribution in [0.4, 0.5) is 0 Å². The summed E-state index contributed by atoms with van der Waals surface area (Å²) in [6, 6.07) is 5.77. The summed E-state index contributed by atoms with van der Waals surface area (Å²) in [6.07, 6.45) is 6.16. The Bertz CT molecular complexity index is 391. The number of fused-ring (bicyclic) bond motifs is 1. The van der Waals surface area contributed by atoms with E-state index in [9.17, 15) is 4.79 Å². The van der Waals surface area contributed by atoms with Gasteiger partial charge in [-0.25, -0.2) is 4.79 Å². The molecule has 0 unspecified atom stereocenters. The van der Waals surface area contributed by atoms with Gasteiger partial charge in [0.25, 0.3) is 0 Å². The Hall–Kier alpha value is -1.57. The van der Waals surface area contributed by atoms with E-state index in [1.807, 2.05) is 12.1 Å². The highest BCUT2D eigenvalue weighted by Crippen LogP contribution is 2.23. The molecule has 1 aliphatic rings. The van der Waals surface area contributed by atoms with Crippen molar-refractivity contribution in [3.63, 3.8) is 0 Å². The SMILES string of the molecule is COC(=O)c1cccc2c1C=CCC2. The lowest BCUT2D eigenvalue weighted by molar-refractivity contribution is 0.0600. The maximum absolute atomic E-state index is 11.4. The molecule has 0 saturated heterocycles. The molecule has 0 saturated carbocycles. The lowest BCUT2D eigenvalue weighted by Crippen LogP contribution is -2.07. The third-order valence-electron chi connectivity index (χ3n) is 2.47. The smallest absolute Gasteiger partial charge is 0.338 e. The normalized spacial score (nSPS) is 13.5. The second-order valence-corrected chi connectivity index (χ2v) is 3.31. The number of allylic oxidation sites excluding steroid dienone is 1. The third kappa shape index (κ3) is 1.43. The van der Waals surface area contributed by atoms with E-state index in [1.165, 1.54) is 12.7 Å². The number of ether oxygens (including phenoxy) is 1. The summed E-state index contributed by atoms with van der Waals surface area (Å²) in [6.45, 7) is 0. The molecule has 1 aromatic rings. The molecule has 2 rings (SSSR count). The van der Waals surface area contributed by atoms with Crippen molar-refractivity contribution in [3.8, 4) is 0 Å². The fourth-order valence-electron chi connectivity index (χ4n) is 1.76. The first kappa shape index (κ1) is 9.00. The van der Waals surface area contributed by atoms with E-state index < -0.39 is 0 Å². The lowest BCUT2D eigenvalue weighted by Gasteiger charge is -2.13. The van der Waals surface area contributed by atoms with Gasteiger partial charge in [0.2, 0.25) is 0 Å². The predicted molar refractivity (Wildman–Crippen MR) is 55.1 cm³/mol. The van der Waals surface area contributed by atoms with Crippen LogP contribution in [-0.4, -0.2) is 13.1 Å². The van der Waals surface area contributed by atoms with Gasteiger partial charge >= 0.3 is 5.97 Å². The van der Waals surface area contributed by atoms with Gasteiger partial charge in [0.15, 0.2) is 0 Å². The monoisotopic (exact) mass is 188 g/mol. The lowest BCUT2D eigenvalue weighted by atomic mass is 9.93. The molecular formula is C12H12O2. The molecule has 0 N–H and O–H groups in total. The molecule has 0 spiro atoms. The summed E-state index contributed by atoms with van der Waals surface area (Å²) in [5.41, 5.74) is 2.92. The number of hydrogen-bond acceptors (Lipinski definition) is 2. The Morgan fingerprint density at radius 3 is 3.07 bits per heavy atom. The van der Waals surface area contributed by atoms with Gasteiger partial charge in [0.1, 0.15) is 0 Å². The van der Waals surface area contributed by atoms with Gasteiger partial charge in [-0.3, -0.25) is 0 Å². The summed E-state index contributed by atoms with van der Waals surface area (Å²) >= 11 is 0. The van der Waals surface area contributed by atoms with Gasteiger partial charge in [0.05, 0.1) is 12.7 Å². The molecule has 0 atom stereocenters. The van der Waals surface area contributed by atoms with Crippen LogP contribution in [0.5, 0.6) is 0 Å². The van der Waals surface area contributed by atoms with Gasteiger partial charge in [0, 0.05) is 0 Å². The van der Waals surface area contributed by atoms with Crippen molar-refractivity contribution in [2.75, 3.05) is 7.11 Å². The highest BCUT2D eigenvalue weighted by Gasteiger charge is 2.14. The minimum atomic E-state index is -0.256. The average Bonchev–Trinajstić information content (AvgIpc) is 2.27. The number of esters is 1. The Balaban J connectivity index is 2.52. The Kier molecular flexibility index (Phi) is 2.35. The van der Waals surface area contributed by atoms with Crippen LogP contribution in [0.3, 0.4) is 0 Å². The van der Waals surface area contributed by atoms with Crippen LogP contribution >= 0.6 is 0 Å². The molecule has 0 aliphatic heterocycles. The molecule has 0 heterocycles. The van der Waals surface area contributed by atoms with E-state index in [4.69, 9.17) is 4.74 Å². The fourth-order valence-corrected chi connectivity index (χ4v) is 1.76. The molecule has 2 nitrogen and oxygen atoms in total. The molecule has 0 radical (unpaired) electrons. The summed E-state index contributed by atoms with van der Waals surface area (Å²) in [7, 11) is 1.41. The minimum Gasteiger partial charge on any atom is -0.465 e.